The first kappa shape index (κ1) is 14.6. The number of hydrogen-bond acceptors (Lipinski definition) is 3. The fourth-order valence-corrected chi connectivity index (χ4v) is 5.10. The minimum absolute atomic E-state index is 0.389. The van der Waals surface area contributed by atoms with Crippen molar-refractivity contribution in [2.24, 2.45) is 0 Å². The Labute approximate surface area is 127 Å². The second kappa shape index (κ2) is 6.17. The van der Waals surface area contributed by atoms with Crippen LogP contribution in [0.2, 0.25) is 0 Å². The number of rotatable bonds is 5. The van der Waals surface area contributed by atoms with Gasteiger partial charge in [-0.1, -0.05) is 19.8 Å². The van der Waals surface area contributed by atoms with Gasteiger partial charge >= 0.3 is 0 Å². The van der Waals surface area contributed by atoms with Gasteiger partial charge in [0.05, 0.1) is 6.04 Å². The zero-order chi connectivity index (χ0) is 14.0. The number of likely N-dealkylation sites (tertiary alicyclic amines) is 1. The van der Waals surface area contributed by atoms with Crippen molar-refractivity contribution in [3.63, 3.8) is 0 Å². The van der Waals surface area contributed by atoms with E-state index in [-0.39, 0.29) is 0 Å². The molecule has 3 heteroatoms. The predicted octanol–water partition coefficient (Wildman–Crippen LogP) is 4.12. The maximum atomic E-state index is 3.84. The highest BCUT2D eigenvalue weighted by Crippen LogP contribution is 2.46. The van der Waals surface area contributed by atoms with Crippen LogP contribution in [-0.4, -0.2) is 30.1 Å². The van der Waals surface area contributed by atoms with E-state index in [1.807, 2.05) is 11.3 Å². The summed E-state index contributed by atoms with van der Waals surface area (Å²) < 4.78 is 0. The molecule has 0 aromatic carbocycles. The first-order valence-electron chi connectivity index (χ1n) is 8.30. The van der Waals surface area contributed by atoms with Crippen LogP contribution < -0.4 is 5.32 Å². The second-order valence-corrected chi connectivity index (χ2v) is 7.60. The van der Waals surface area contributed by atoms with Crippen molar-refractivity contribution in [2.45, 2.75) is 64.0 Å². The molecule has 0 bridgehead atoms. The molecule has 1 aliphatic carbocycles. The monoisotopic (exact) mass is 292 g/mol. The third-order valence-electron chi connectivity index (χ3n) is 5.23. The lowest BCUT2D eigenvalue weighted by molar-refractivity contribution is 0.0772. The highest BCUT2D eigenvalue weighted by atomic mass is 32.1. The van der Waals surface area contributed by atoms with Gasteiger partial charge in [0.1, 0.15) is 0 Å². The maximum Gasteiger partial charge on any atom is 0.0515 e. The van der Waals surface area contributed by atoms with Gasteiger partial charge in [0.15, 0.2) is 0 Å². The average molecular weight is 292 g/mol. The quantitative estimate of drug-likeness (QED) is 0.878. The van der Waals surface area contributed by atoms with Crippen molar-refractivity contribution < 1.29 is 0 Å². The molecule has 1 aliphatic heterocycles. The summed E-state index contributed by atoms with van der Waals surface area (Å²) in [6.45, 7) is 8.17. The summed E-state index contributed by atoms with van der Waals surface area (Å²) in [6, 6.07) is 2.94. The third kappa shape index (κ3) is 2.56. The molecule has 1 aromatic rings. The van der Waals surface area contributed by atoms with Crippen LogP contribution in [0.5, 0.6) is 0 Å². The molecule has 20 heavy (non-hydrogen) atoms. The molecule has 3 rings (SSSR count). The van der Waals surface area contributed by atoms with Crippen LogP contribution in [-0.2, 0) is 0 Å². The van der Waals surface area contributed by atoms with Gasteiger partial charge in [0.2, 0.25) is 0 Å². The molecule has 112 valence electrons. The van der Waals surface area contributed by atoms with Gasteiger partial charge < -0.3 is 5.32 Å². The summed E-state index contributed by atoms with van der Waals surface area (Å²) in [5, 5.41) is 6.22. The Morgan fingerprint density at radius 2 is 1.95 bits per heavy atom. The smallest absolute Gasteiger partial charge is 0.0515 e. The zero-order valence-electron chi connectivity index (χ0n) is 13.0. The molecule has 1 aromatic heterocycles. The van der Waals surface area contributed by atoms with Gasteiger partial charge in [0.25, 0.3) is 0 Å². The molecule has 1 unspecified atom stereocenters. The average Bonchev–Trinajstić information content (AvgIpc) is 3.17. The Bertz CT molecular complexity index is 428. The van der Waals surface area contributed by atoms with Crippen LogP contribution in [0.25, 0.3) is 0 Å². The molecule has 2 nitrogen and oxygen atoms in total. The number of thiophene rings is 1. The molecule has 1 N–H and O–H groups in total. The zero-order valence-corrected chi connectivity index (χ0v) is 13.8. The number of hydrogen-bond donors (Lipinski definition) is 1. The Morgan fingerprint density at radius 1 is 1.25 bits per heavy atom. The Balaban J connectivity index is 1.93. The van der Waals surface area contributed by atoms with E-state index in [4.69, 9.17) is 0 Å². The van der Waals surface area contributed by atoms with Crippen molar-refractivity contribution in [1.82, 2.24) is 10.2 Å². The highest BCUT2D eigenvalue weighted by Gasteiger charge is 2.47. The van der Waals surface area contributed by atoms with Crippen molar-refractivity contribution in [3.05, 3.63) is 21.9 Å². The van der Waals surface area contributed by atoms with Gasteiger partial charge in [0, 0.05) is 10.4 Å². The molecule has 1 saturated heterocycles. The van der Waals surface area contributed by atoms with Crippen LogP contribution in [0.15, 0.2) is 11.4 Å². The van der Waals surface area contributed by atoms with E-state index >= 15 is 0 Å². The molecule has 1 atom stereocenters. The van der Waals surface area contributed by atoms with E-state index in [0.29, 0.717) is 11.6 Å². The topological polar surface area (TPSA) is 15.3 Å². The molecule has 0 radical (unpaired) electrons. The van der Waals surface area contributed by atoms with Crippen molar-refractivity contribution in [2.75, 3.05) is 19.6 Å². The molecule has 2 aliphatic rings. The minimum Gasteiger partial charge on any atom is -0.309 e. The fraction of sp³-hybridized carbons (Fsp3) is 0.765. The summed E-state index contributed by atoms with van der Waals surface area (Å²) >= 11 is 1.90. The van der Waals surface area contributed by atoms with Gasteiger partial charge in [-0.05, 0) is 69.3 Å². The van der Waals surface area contributed by atoms with E-state index in [2.05, 4.69) is 35.5 Å². The molecule has 2 fully saturated rings. The SMILES string of the molecule is CCNC(c1csc(C)c1)C1(N2CCCC2)CCCC1. The summed E-state index contributed by atoms with van der Waals surface area (Å²) in [5.74, 6) is 0. The van der Waals surface area contributed by atoms with E-state index in [1.165, 1.54) is 62.1 Å². The Hall–Kier alpha value is -0.380. The van der Waals surface area contributed by atoms with Gasteiger partial charge in [-0.3, -0.25) is 4.90 Å². The lowest BCUT2D eigenvalue weighted by Gasteiger charge is -2.45. The van der Waals surface area contributed by atoms with Crippen molar-refractivity contribution >= 4 is 11.3 Å². The van der Waals surface area contributed by atoms with Crippen LogP contribution in [0.1, 0.15) is 61.9 Å². The molecule has 0 amide bonds. The normalized spacial score (nSPS) is 24.3. The molecule has 1 saturated carbocycles. The lowest BCUT2D eigenvalue weighted by Crippen LogP contribution is -2.54. The van der Waals surface area contributed by atoms with Crippen LogP contribution in [0, 0.1) is 6.92 Å². The first-order valence-corrected chi connectivity index (χ1v) is 9.18. The Morgan fingerprint density at radius 3 is 2.50 bits per heavy atom. The molecule has 0 spiro atoms. The highest BCUT2D eigenvalue weighted by molar-refractivity contribution is 7.10. The van der Waals surface area contributed by atoms with Crippen LogP contribution in [0.4, 0.5) is 0 Å². The van der Waals surface area contributed by atoms with Crippen molar-refractivity contribution in [3.8, 4) is 0 Å². The predicted molar refractivity (Wildman–Crippen MR) is 87.5 cm³/mol. The number of likely N-dealkylation sites (N-methyl/N-ethyl adjacent to an activating group) is 1. The van der Waals surface area contributed by atoms with Gasteiger partial charge in [-0.2, -0.15) is 0 Å². The number of nitrogens with zero attached hydrogens (tertiary/aromatic N) is 1. The van der Waals surface area contributed by atoms with E-state index in [1.54, 1.807) is 0 Å². The maximum absolute atomic E-state index is 3.84. The van der Waals surface area contributed by atoms with E-state index in [9.17, 15) is 0 Å². The summed E-state index contributed by atoms with van der Waals surface area (Å²) in [4.78, 5) is 4.26. The summed E-state index contributed by atoms with van der Waals surface area (Å²) in [5.41, 5.74) is 1.92. The van der Waals surface area contributed by atoms with Crippen LogP contribution in [0.3, 0.4) is 0 Å². The van der Waals surface area contributed by atoms with Gasteiger partial charge in [-0.15, -0.1) is 11.3 Å². The lowest BCUT2D eigenvalue weighted by atomic mass is 9.82. The Kier molecular flexibility index (Phi) is 4.49. The molecule has 2 heterocycles. The number of aryl methyl sites for hydroxylation is 1. The summed E-state index contributed by atoms with van der Waals surface area (Å²) in [7, 11) is 0. The van der Waals surface area contributed by atoms with Gasteiger partial charge in [-0.25, -0.2) is 0 Å². The van der Waals surface area contributed by atoms with E-state index < -0.39 is 0 Å². The van der Waals surface area contributed by atoms with E-state index in [0.717, 1.165) is 6.54 Å². The molecular weight excluding hydrogens is 264 g/mol. The summed E-state index contributed by atoms with van der Waals surface area (Å²) in [6.07, 6.45) is 8.34. The third-order valence-corrected chi connectivity index (χ3v) is 6.11. The van der Waals surface area contributed by atoms with Crippen molar-refractivity contribution in [1.29, 1.82) is 0 Å². The standard InChI is InChI=1S/C17H28N2S/c1-3-18-16(15-12-14(2)20-13-15)17(8-4-5-9-17)19-10-6-7-11-19/h12-13,16,18H,3-11H2,1-2H3. The number of nitrogens with one attached hydrogen (secondary N) is 1. The second-order valence-electron chi connectivity index (χ2n) is 6.49. The largest absolute Gasteiger partial charge is 0.309 e. The molecular formula is C17H28N2S. The fourth-order valence-electron chi connectivity index (χ4n) is 4.37. The van der Waals surface area contributed by atoms with Crippen LogP contribution >= 0.6 is 11.3 Å². The first-order chi connectivity index (χ1) is 9.76. The minimum atomic E-state index is 0.389.